The number of morpholine rings is 1. The van der Waals surface area contributed by atoms with Crippen LogP contribution in [0.5, 0.6) is 0 Å². The maximum atomic E-state index is 12.6. The number of oxazole rings is 1. The number of rotatable bonds is 4. The highest BCUT2D eigenvalue weighted by Crippen LogP contribution is 2.28. The molecule has 0 atom stereocenters. The van der Waals surface area contributed by atoms with Crippen molar-refractivity contribution in [2.24, 2.45) is 7.05 Å². The Bertz CT molecular complexity index is 814. The summed E-state index contributed by atoms with van der Waals surface area (Å²) in [5.41, 5.74) is 0.692. The molecule has 9 nitrogen and oxygen atoms in total. The Hall–Kier alpha value is -1.75. The van der Waals surface area contributed by atoms with Crippen LogP contribution in [-0.2, 0) is 41.4 Å². The molecule has 0 spiro atoms. The lowest BCUT2D eigenvalue weighted by Crippen LogP contribution is -2.35. The van der Waals surface area contributed by atoms with Crippen LogP contribution in [0, 0.1) is 0 Å². The van der Waals surface area contributed by atoms with Gasteiger partial charge in [0, 0.05) is 26.3 Å². The van der Waals surface area contributed by atoms with Crippen molar-refractivity contribution >= 4 is 10.0 Å². The largest absolute Gasteiger partial charge is 0.443 e. The molecule has 0 radical (unpaired) electrons. The monoisotopic (exact) mass is 353 g/mol. The van der Waals surface area contributed by atoms with E-state index in [1.54, 1.807) is 11.6 Å². The fourth-order valence-electron chi connectivity index (χ4n) is 2.91. The van der Waals surface area contributed by atoms with Crippen LogP contribution >= 0.6 is 0 Å². The van der Waals surface area contributed by atoms with Gasteiger partial charge in [0.2, 0.25) is 5.89 Å². The Morgan fingerprint density at radius 2 is 2.04 bits per heavy atom. The smallest absolute Gasteiger partial charge is 0.262 e. The zero-order valence-corrected chi connectivity index (χ0v) is 14.2. The Balaban J connectivity index is 1.46. The van der Waals surface area contributed by atoms with E-state index in [9.17, 15) is 8.42 Å². The first-order chi connectivity index (χ1) is 11.5. The van der Waals surface area contributed by atoms with Crippen LogP contribution in [0.25, 0.3) is 0 Å². The minimum Gasteiger partial charge on any atom is -0.443 e. The minimum absolute atomic E-state index is 0.0451. The summed E-state index contributed by atoms with van der Waals surface area (Å²) in [6.45, 7) is 4.20. The predicted octanol–water partition coefficient (Wildman–Crippen LogP) is -0.0552. The number of aromatic nitrogens is 3. The highest BCUT2D eigenvalue weighted by atomic mass is 32.2. The van der Waals surface area contributed by atoms with Crippen molar-refractivity contribution in [1.82, 2.24) is 23.7 Å². The van der Waals surface area contributed by atoms with E-state index in [0.29, 0.717) is 23.9 Å². The summed E-state index contributed by atoms with van der Waals surface area (Å²) in [5, 5.41) is 0.0451. The van der Waals surface area contributed by atoms with E-state index >= 15 is 0 Å². The molecule has 0 saturated carbocycles. The molecule has 2 aromatic rings. The third-order valence-electron chi connectivity index (χ3n) is 4.22. The van der Waals surface area contributed by atoms with Gasteiger partial charge in [-0.3, -0.25) is 4.90 Å². The van der Waals surface area contributed by atoms with Gasteiger partial charge in [-0.1, -0.05) is 0 Å². The van der Waals surface area contributed by atoms with E-state index in [1.165, 1.54) is 16.8 Å². The van der Waals surface area contributed by atoms with Crippen molar-refractivity contribution in [3.8, 4) is 0 Å². The van der Waals surface area contributed by atoms with Crippen LogP contribution in [0.15, 0.2) is 22.0 Å². The van der Waals surface area contributed by atoms with Crippen LogP contribution < -0.4 is 0 Å². The normalized spacial score (nSPS) is 19.7. The first-order valence-electron chi connectivity index (χ1n) is 7.78. The predicted molar refractivity (Wildman–Crippen MR) is 82.2 cm³/mol. The lowest BCUT2D eigenvalue weighted by Gasteiger charge is -2.25. The molecule has 1 fully saturated rings. The second kappa shape index (κ2) is 5.96. The second-order valence-corrected chi connectivity index (χ2v) is 7.90. The fourth-order valence-corrected chi connectivity index (χ4v) is 4.23. The van der Waals surface area contributed by atoms with Gasteiger partial charge in [0.15, 0.2) is 5.03 Å². The quantitative estimate of drug-likeness (QED) is 0.760. The summed E-state index contributed by atoms with van der Waals surface area (Å²) < 4.78 is 39.2. The first-order valence-corrected chi connectivity index (χ1v) is 9.22. The maximum absolute atomic E-state index is 12.6. The molecule has 4 heterocycles. The zero-order valence-electron chi connectivity index (χ0n) is 13.4. The molecule has 0 N–H and O–H groups in total. The van der Waals surface area contributed by atoms with Crippen molar-refractivity contribution < 1.29 is 17.6 Å². The lowest BCUT2D eigenvalue weighted by atomic mass is 10.4. The Morgan fingerprint density at radius 1 is 1.25 bits per heavy atom. The molecule has 0 aromatic carbocycles. The third kappa shape index (κ3) is 2.86. The molecule has 1 saturated heterocycles. The molecule has 2 aliphatic rings. The van der Waals surface area contributed by atoms with Crippen LogP contribution in [-0.4, -0.2) is 58.5 Å². The van der Waals surface area contributed by atoms with E-state index in [4.69, 9.17) is 9.15 Å². The number of fused-ring (bicyclic) bond motifs is 1. The highest BCUT2D eigenvalue weighted by Gasteiger charge is 2.35. The number of ether oxygens (including phenoxy) is 1. The van der Waals surface area contributed by atoms with Gasteiger partial charge in [-0.05, 0) is 0 Å². The first kappa shape index (κ1) is 15.8. The van der Waals surface area contributed by atoms with E-state index in [1.807, 2.05) is 0 Å². The molecule has 2 aromatic heterocycles. The molecule has 0 bridgehead atoms. The lowest BCUT2D eigenvalue weighted by molar-refractivity contribution is 0.0303. The summed E-state index contributed by atoms with van der Waals surface area (Å²) in [7, 11) is -1.89. The van der Waals surface area contributed by atoms with Crippen LogP contribution in [0.1, 0.15) is 17.3 Å². The summed E-state index contributed by atoms with van der Waals surface area (Å²) >= 11 is 0. The average molecular weight is 353 g/mol. The average Bonchev–Trinajstić information content (AvgIpc) is 3.23. The molecule has 24 heavy (non-hydrogen) atoms. The SMILES string of the molecule is Cn1cnc(S(=O)(=O)N2Cc3nc(CN4CCOCC4)oc3C2)c1. The number of sulfonamides is 1. The fraction of sp³-hybridized carbons (Fsp3) is 0.571. The van der Waals surface area contributed by atoms with Crippen LogP contribution in [0.4, 0.5) is 0 Å². The summed E-state index contributed by atoms with van der Waals surface area (Å²) in [6.07, 6.45) is 2.96. The van der Waals surface area contributed by atoms with Crippen molar-refractivity contribution in [1.29, 1.82) is 0 Å². The molecular weight excluding hydrogens is 334 g/mol. The third-order valence-corrected chi connectivity index (χ3v) is 5.89. The number of hydrogen-bond acceptors (Lipinski definition) is 7. The van der Waals surface area contributed by atoms with E-state index in [2.05, 4.69) is 14.9 Å². The van der Waals surface area contributed by atoms with Gasteiger partial charge in [0.05, 0.1) is 44.9 Å². The van der Waals surface area contributed by atoms with E-state index < -0.39 is 10.0 Å². The molecule has 10 heteroatoms. The summed E-state index contributed by atoms with van der Waals surface area (Å²) in [4.78, 5) is 10.6. The van der Waals surface area contributed by atoms with Gasteiger partial charge in [0.1, 0.15) is 5.76 Å². The summed E-state index contributed by atoms with van der Waals surface area (Å²) in [6, 6.07) is 0. The standard InChI is InChI=1S/C14H19N5O4S/c1-17-9-14(15-10-17)24(20,21)19-6-11-12(7-19)23-13(16-11)8-18-2-4-22-5-3-18/h9-10H,2-8H2,1H3. The maximum Gasteiger partial charge on any atom is 0.262 e. The summed E-state index contributed by atoms with van der Waals surface area (Å²) in [5.74, 6) is 1.26. The van der Waals surface area contributed by atoms with E-state index in [0.717, 1.165) is 26.3 Å². The highest BCUT2D eigenvalue weighted by molar-refractivity contribution is 7.89. The van der Waals surface area contributed by atoms with Crippen LogP contribution in [0.3, 0.4) is 0 Å². The van der Waals surface area contributed by atoms with Crippen molar-refractivity contribution in [2.45, 2.75) is 24.7 Å². The molecule has 130 valence electrons. The van der Waals surface area contributed by atoms with Gasteiger partial charge < -0.3 is 13.7 Å². The molecule has 0 unspecified atom stereocenters. The van der Waals surface area contributed by atoms with Gasteiger partial charge in [-0.15, -0.1) is 0 Å². The number of hydrogen-bond donors (Lipinski definition) is 0. The number of aryl methyl sites for hydroxylation is 1. The molecule has 4 rings (SSSR count). The Kier molecular flexibility index (Phi) is 3.91. The van der Waals surface area contributed by atoms with Gasteiger partial charge in [-0.25, -0.2) is 18.4 Å². The zero-order chi connectivity index (χ0) is 16.7. The van der Waals surface area contributed by atoms with Gasteiger partial charge >= 0.3 is 0 Å². The number of nitrogens with zero attached hydrogens (tertiary/aromatic N) is 5. The molecule has 0 amide bonds. The minimum atomic E-state index is -3.62. The Morgan fingerprint density at radius 3 is 2.71 bits per heavy atom. The van der Waals surface area contributed by atoms with Crippen molar-refractivity contribution in [2.75, 3.05) is 26.3 Å². The van der Waals surface area contributed by atoms with Gasteiger partial charge in [0.25, 0.3) is 10.0 Å². The number of imidazole rings is 1. The second-order valence-electron chi connectivity index (χ2n) is 6.02. The molecular formula is C14H19N5O4S. The molecule has 0 aliphatic carbocycles. The molecule has 2 aliphatic heterocycles. The van der Waals surface area contributed by atoms with Gasteiger partial charge in [-0.2, -0.15) is 4.31 Å². The van der Waals surface area contributed by atoms with E-state index in [-0.39, 0.29) is 18.1 Å². The van der Waals surface area contributed by atoms with Crippen LogP contribution in [0.2, 0.25) is 0 Å². The van der Waals surface area contributed by atoms with Crippen molar-refractivity contribution in [3.05, 3.63) is 29.9 Å². The topological polar surface area (TPSA) is 93.7 Å². The Labute approximate surface area is 139 Å². The van der Waals surface area contributed by atoms with Crippen molar-refractivity contribution in [3.63, 3.8) is 0 Å².